The summed E-state index contributed by atoms with van der Waals surface area (Å²) in [5.74, 6) is 0.235. The molecule has 0 radical (unpaired) electrons. The van der Waals surface area contributed by atoms with Crippen molar-refractivity contribution in [2.75, 3.05) is 5.34 Å². The Morgan fingerprint density at radius 1 is 0.590 bits per heavy atom. The molecule has 0 fully saturated rings. The molecule has 0 aliphatic rings. The van der Waals surface area contributed by atoms with Crippen molar-refractivity contribution in [3.8, 4) is 22.3 Å². The maximum absolute atomic E-state index is 13.0. The van der Waals surface area contributed by atoms with Crippen LogP contribution < -0.4 is 0 Å². The Morgan fingerprint density at radius 3 is 1.44 bits per heavy atom. The lowest BCUT2D eigenvalue weighted by Crippen LogP contribution is -2.03. The number of benzene rings is 4. The van der Waals surface area contributed by atoms with E-state index in [2.05, 4.69) is 10.2 Å². The summed E-state index contributed by atoms with van der Waals surface area (Å²) in [7, 11) is -1.36. The average molecular weight is 922 g/mol. The van der Waals surface area contributed by atoms with Gasteiger partial charge in [-0.25, -0.2) is 17.8 Å². The zero-order chi connectivity index (χ0) is 43.0. The number of hydrogen-bond donors (Lipinski definition) is 0. The molecule has 4 aromatic carbocycles. The summed E-state index contributed by atoms with van der Waals surface area (Å²) >= 11 is 11.1. The molecule has 5 nitrogen and oxygen atoms in total. The van der Waals surface area contributed by atoms with E-state index in [9.17, 15) is 39.3 Å². The molecular formula is C44H34Cl2F8N4OS2. The van der Waals surface area contributed by atoms with Gasteiger partial charge < -0.3 is 0 Å². The molecule has 0 spiro atoms. The number of halogens is 10. The van der Waals surface area contributed by atoms with E-state index in [1.807, 2.05) is 18.3 Å². The van der Waals surface area contributed by atoms with Gasteiger partial charge in [0.15, 0.2) is 0 Å². The topological polar surface area (TPSA) is 51.7 Å². The van der Waals surface area contributed by atoms with Gasteiger partial charge in [0.1, 0.15) is 11.6 Å². The second-order valence-corrected chi connectivity index (χ2v) is 16.1. The van der Waals surface area contributed by atoms with Crippen LogP contribution in [0.1, 0.15) is 29.7 Å². The van der Waals surface area contributed by atoms with E-state index in [1.165, 1.54) is 60.7 Å². The van der Waals surface area contributed by atoms with Gasteiger partial charge in [-0.05, 0) is 119 Å². The zero-order valence-corrected chi connectivity index (χ0v) is 33.9. The van der Waals surface area contributed by atoms with Crippen LogP contribution in [0.4, 0.5) is 35.1 Å². The zero-order valence-electron chi connectivity index (χ0n) is 30.8. The minimum Gasteiger partial charge on any atom is -0.254 e. The van der Waals surface area contributed by atoms with Crippen LogP contribution >= 0.6 is 35.0 Å². The van der Waals surface area contributed by atoms with E-state index in [0.29, 0.717) is 32.9 Å². The summed E-state index contributed by atoms with van der Waals surface area (Å²) in [6.45, 7) is 0. The molecule has 4 aromatic heterocycles. The van der Waals surface area contributed by atoms with Crippen molar-refractivity contribution in [3.05, 3.63) is 180 Å². The third-order valence-electron chi connectivity index (χ3n) is 8.81. The highest BCUT2D eigenvalue weighted by Crippen LogP contribution is 2.34. The lowest BCUT2D eigenvalue weighted by molar-refractivity contribution is -0.138. The Bertz CT molecular complexity index is 2690. The summed E-state index contributed by atoms with van der Waals surface area (Å²) < 4.78 is 119. The molecule has 0 saturated carbocycles. The second kappa shape index (κ2) is 20.6. The Morgan fingerprint density at radius 2 is 1.00 bits per heavy atom. The second-order valence-electron chi connectivity index (χ2n) is 12.8. The lowest BCUT2D eigenvalue weighted by atomic mass is 10.0. The molecule has 8 aromatic rings. The molecule has 0 bridgehead atoms. The number of nitrogens with zero attached hydrogens (tertiary/aromatic N) is 4. The summed E-state index contributed by atoms with van der Waals surface area (Å²) in [6.07, 6.45) is -1.99. The Hall–Kier alpha value is -5.22. The predicted octanol–water partition coefficient (Wildman–Crippen LogP) is 14.0. The molecule has 0 saturated heterocycles. The molecule has 1 unspecified atom stereocenters. The molecule has 4 heterocycles. The highest BCUT2D eigenvalue weighted by molar-refractivity contribution is 7.98. The first-order chi connectivity index (χ1) is 28.6. The van der Waals surface area contributed by atoms with Gasteiger partial charge in [-0.3, -0.25) is 4.21 Å². The quantitative estimate of drug-likeness (QED) is 0.0866. The fourth-order valence-corrected chi connectivity index (χ4v) is 7.80. The Balaban J connectivity index is 0.000000214. The van der Waals surface area contributed by atoms with Gasteiger partial charge in [0.2, 0.25) is 0 Å². The van der Waals surface area contributed by atoms with Crippen LogP contribution in [0, 0.1) is 11.6 Å². The van der Waals surface area contributed by atoms with Crippen LogP contribution in [0.3, 0.4) is 0 Å². The van der Waals surface area contributed by atoms with Crippen molar-refractivity contribution in [1.29, 1.82) is 0 Å². The molecule has 8 rings (SSSR count). The minimum absolute atomic E-state index is 0. The van der Waals surface area contributed by atoms with Crippen LogP contribution in [0.15, 0.2) is 156 Å². The first kappa shape index (κ1) is 46.8. The van der Waals surface area contributed by atoms with Gasteiger partial charge in [-0.1, -0.05) is 31.7 Å². The summed E-state index contributed by atoms with van der Waals surface area (Å²) in [4.78, 5) is 1.47. The molecule has 61 heavy (non-hydrogen) atoms. The number of aromatic nitrogens is 4. The van der Waals surface area contributed by atoms with Crippen molar-refractivity contribution in [2.24, 2.45) is 0 Å². The van der Waals surface area contributed by atoms with Gasteiger partial charge in [-0.15, -0.1) is 35.0 Å². The summed E-state index contributed by atoms with van der Waals surface area (Å²) in [5, 5.41) is 8.71. The standard InChI is InChI=1S/C21H14F4N2OS.C21H14F4N2S.CH2Cl2.CH4/c22-17-5-7-18(8-6-17)29(28)13-14-9-10-27-20(11-14)19(12-26-27)15-1-3-16(4-2-15)21(23,24)25;22-17-5-7-18(8-6-17)28-13-14-9-10-27-20(11-14)19(12-26-27)15-1-3-16(4-2-15)21(23,24)25;2-1-3;/h1-12H,13H2;1-12H,13H2;1H2;1H4. The van der Waals surface area contributed by atoms with E-state index < -0.39 is 40.1 Å². The number of fused-ring (bicyclic) bond motifs is 2. The predicted molar refractivity (Wildman–Crippen MR) is 227 cm³/mol. The van der Waals surface area contributed by atoms with E-state index in [4.69, 9.17) is 23.2 Å². The molecule has 0 amide bonds. The van der Waals surface area contributed by atoms with Gasteiger partial charge in [0.05, 0.1) is 56.4 Å². The molecule has 17 heteroatoms. The number of thioether (sulfide) groups is 1. The molecule has 0 aliphatic carbocycles. The maximum Gasteiger partial charge on any atom is 0.416 e. The van der Waals surface area contributed by atoms with Crippen molar-refractivity contribution >= 4 is 56.8 Å². The minimum atomic E-state index is -4.39. The lowest BCUT2D eigenvalue weighted by Gasteiger charge is -2.08. The van der Waals surface area contributed by atoms with Gasteiger partial charge >= 0.3 is 12.4 Å². The van der Waals surface area contributed by atoms with Crippen molar-refractivity contribution in [3.63, 3.8) is 0 Å². The van der Waals surface area contributed by atoms with Crippen LogP contribution in [0.2, 0.25) is 0 Å². The van der Waals surface area contributed by atoms with E-state index >= 15 is 0 Å². The summed E-state index contributed by atoms with van der Waals surface area (Å²) in [5.41, 5.74) is 4.64. The third-order valence-corrected chi connectivity index (χ3v) is 11.3. The molecule has 0 N–H and O–H groups in total. The van der Waals surface area contributed by atoms with Crippen molar-refractivity contribution in [2.45, 2.75) is 41.1 Å². The fourth-order valence-electron chi connectivity index (χ4n) is 5.87. The van der Waals surface area contributed by atoms with Gasteiger partial charge in [-0.2, -0.15) is 36.5 Å². The van der Waals surface area contributed by atoms with Gasteiger partial charge in [0.25, 0.3) is 0 Å². The van der Waals surface area contributed by atoms with E-state index in [-0.39, 0.29) is 24.3 Å². The van der Waals surface area contributed by atoms with Crippen molar-refractivity contribution in [1.82, 2.24) is 19.2 Å². The Kier molecular flexibility index (Phi) is 15.8. The van der Waals surface area contributed by atoms with E-state index in [0.717, 1.165) is 51.4 Å². The fraction of sp³-hybridized carbons (Fsp3) is 0.136. The normalized spacial score (nSPS) is 11.9. The van der Waals surface area contributed by atoms with Crippen LogP contribution in [-0.4, -0.2) is 28.8 Å². The van der Waals surface area contributed by atoms with E-state index in [1.54, 1.807) is 63.6 Å². The highest BCUT2D eigenvalue weighted by atomic mass is 35.5. The van der Waals surface area contributed by atoms with Crippen LogP contribution in [0.25, 0.3) is 33.3 Å². The van der Waals surface area contributed by atoms with Crippen LogP contribution in [-0.2, 0) is 34.7 Å². The smallest absolute Gasteiger partial charge is 0.254 e. The van der Waals surface area contributed by atoms with Crippen LogP contribution in [0.5, 0.6) is 0 Å². The number of pyridine rings is 2. The number of hydrogen-bond acceptors (Lipinski definition) is 4. The highest BCUT2D eigenvalue weighted by Gasteiger charge is 2.31. The Labute approximate surface area is 362 Å². The SMILES string of the molecule is C.ClCCl.Fc1ccc(SCc2ccn3ncc(-c4ccc(C(F)(F)F)cc4)c3c2)cc1.O=S(Cc1ccn2ncc(-c3ccc(C(F)(F)F)cc3)c2c1)c1ccc(F)cc1. The monoisotopic (exact) mass is 920 g/mol. The molecule has 318 valence electrons. The first-order valence-corrected chi connectivity index (χ1v) is 20.9. The molecular weight excluding hydrogens is 888 g/mol. The first-order valence-electron chi connectivity index (χ1n) is 17.5. The molecule has 0 aliphatic heterocycles. The maximum atomic E-state index is 13.0. The number of rotatable bonds is 8. The molecule has 1 atom stereocenters. The largest absolute Gasteiger partial charge is 0.416 e. The summed E-state index contributed by atoms with van der Waals surface area (Å²) in [6, 6.07) is 29.2. The van der Waals surface area contributed by atoms with Crippen molar-refractivity contribution < 1.29 is 39.3 Å². The average Bonchev–Trinajstić information content (AvgIpc) is 3.85. The number of alkyl halides is 8. The third kappa shape index (κ3) is 12.2. The van der Waals surface area contributed by atoms with Gasteiger partial charge in [0, 0.05) is 39.1 Å².